The first-order valence-electron chi connectivity index (χ1n) is 11.3. The Bertz CT molecular complexity index is 1120. The number of benzene rings is 3. The minimum atomic E-state index is -3.63. The maximum Gasteiger partial charge on any atom is 0.241 e. The lowest BCUT2D eigenvalue weighted by Gasteiger charge is -2.15. The number of nitrogens with one attached hydrogen (secondary N) is 2. The summed E-state index contributed by atoms with van der Waals surface area (Å²) in [6, 6.07) is 26.2. The molecule has 0 heterocycles. The molecular weight excluding hydrogens is 432 g/mol. The van der Waals surface area contributed by atoms with Gasteiger partial charge in [-0.05, 0) is 61.9 Å². The topological polar surface area (TPSA) is 75.3 Å². The second-order valence-corrected chi connectivity index (χ2v) is 10.1. The highest BCUT2D eigenvalue weighted by Crippen LogP contribution is 2.17. The van der Waals surface area contributed by atoms with Gasteiger partial charge in [0.2, 0.25) is 15.9 Å². The van der Waals surface area contributed by atoms with Gasteiger partial charge in [-0.25, -0.2) is 13.1 Å². The van der Waals surface area contributed by atoms with Crippen LogP contribution in [0, 0.1) is 0 Å². The summed E-state index contributed by atoms with van der Waals surface area (Å²) < 4.78 is 28.1. The summed E-state index contributed by atoms with van der Waals surface area (Å²) in [4.78, 5) is 12.5. The summed E-state index contributed by atoms with van der Waals surface area (Å²) in [7, 11) is -3.63. The zero-order valence-corrected chi connectivity index (χ0v) is 20.0. The number of carbonyl (C=O) groups excluding carboxylic acids is 1. The van der Waals surface area contributed by atoms with Crippen LogP contribution in [0.5, 0.6) is 0 Å². The molecule has 3 aromatic rings. The molecule has 0 bridgehead atoms. The third-order valence-corrected chi connectivity index (χ3v) is 7.18. The van der Waals surface area contributed by atoms with E-state index in [0.29, 0.717) is 12.8 Å². The van der Waals surface area contributed by atoms with Gasteiger partial charge in [0.05, 0.1) is 4.90 Å². The number of carbonyl (C=O) groups is 1. The number of rotatable bonds is 11. The van der Waals surface area contributed by atoms with Crippen LogP contribution in [0.3, 0.4) is 0 Å². The smallest absolute Gasteiger partial charge is 0.241 e. The lowest BCUT2D eigenvalue weighted by molar-refractivity contribution is -0.121. The maximum atomic E-state index is 12.7. The van der Waals surface area contributed by atoms with Crippen molar-refractivity contribution in [2.45, 2.75) is 56.5 Å². The van der Waals surface area contributed by atoms with E-state index in [0.717, 1.165) is 24.0 Å². The van der Waals surface area contributed by atoms with Gasteiger partial charge < -0.3 is 5.32 Å². The Morgan fingerprint density at radius 3 is 2.00 bits per heavy atom. The first-order valence-corrected chi connectivity index (χ1v) is 12.8. The third kappa shape index (κ3) is 7.84. The molecule has 0 aliphatic rings. The summed E-state index contributed by atoms with van der Waals surface area (Å²) in [6.45, 7) is 3.84. The van der Waals surface area contributed by atoms with Crippen molar-refractivity contribution < 1.29 is 13.2 Å². The summed E-state index contributed by atoms with van der Waals surface area (Å²) in [5, 5.41) is 3.05. The molecule has 1 amide bonds. The van der Waals surface area contributed by atoms with Crippen LogP contribution in [0.25, 0.3) is 0 Å². The van der Waals surface area contributed by atoms with E-state index in [4.69, 9.17) is 0 Å². The van der Waals surface area contributed by atoms with Gasteiger partial charge in [-0.3, -0.25) is 4.79 Å². The zero-order valence-electron chi connectivity index (χ0n) is 19.2. The number of hydrogen-bond acceptors (Lipinski definition) is 3. The largest absolute Gasteiger partial charge is 0.354 e. The molecule has 0 unspecified atom stereocenters. The molecule has 0 spiro atoms. The molecule has 0 saturated heterocycles. The fraction of sp³-hybridized carbons (Fsp3) is 0.296. The summed E-state index contributed by atoms with van der Waals surface area (Å²) in [5.41, 5.74) is 3.10. The van der Waals surface area contributed by atoms with Crippen molar-refractivity contribution in [2.24, 2.45) is 0 Å². The molecule has 6 heteroatoms. The van der Waals surface area contributed by atoms with E-state index in [2.05, 4.69) is 22.2 Å². The molecule has 2 N–H and O–H groups in total. The van der Waals surface area contributed by atoms with Gasteiger partial charge in [-0.2, -0.15) is 0 Å². The number of aryl methyl sites for hydroxylation is 2. The van der Waals surface area contributed by atoms with Crippen molar-refractivity contribution in [1.29, 1.82) is 0 Å². The van der Waals surface area contributed by atoms with Crippen LogP contribution in [-0.4, -0.2) is 20.4 Å². The molecule has 0 radical (unpaired) electrons. The van der Waals surface area contributed by atoms with Crippen molar-refractivity contribution in [1.82, 2.24) is 10.0 Å². The lowest BCUT2D eigenvalue weighted by Crippen LogP contribution is -2.33. The number of sulfonamides is 1. The zero-order chi connectivity index (χ0) is 23.7. The number of amides is 1. The molecule has 0 aliphatic carbocycles. The predicted molar refractivity (Wildman–Crippen MR) is 132 cm³/mol. The Hall–Kier alpha value is -2.96. The van der Waals surface area contributed by atoms with Gasteiger partial charge >= 0.3 is 0 Å². The van der Waals surface area contributed by atoms with Crippen LogP contribution in [0.4, 0.5) is 0 Å². The van der Waals surface area contributed by atoms with Crippen molar-refractivity contribution in [3.05, 3.63) is 102 Å². The molecule has 0 fully saturated rings. The van der Waals surface area contributed by atoms with Crippen LogP contribution < -0.4 is 10.0 Å². The minimum Gasteiger partial charge on any atom is -0.354 e. The SMILES string of the molecule is C[C@H](NS(=O)(=O)c1ccc(CCC(=O)N[C@@H](C)CCc2ccccc2)cc1)c1ccccc1. The second kappa shape index (κ2) is 11.8. The summed E-state index contributed by atoms with van der Waals surface area (Å²) in [6.07, 6.45) is 2.74. The fourth-order valence-electron chi connectivity index (χ4n) is 3.65. The van der Waals surface area contributed by atoms with Crippen LogP contribution in [0.15, 0.2) is 89.8 Å². The van der Waals surface area contributed by atoms with Crippen molar-refractivity contribution in [3.8, 4) is 0 Å². The molecule has 2 atom stereocenters. The molecule has 0 aliphatic heterocycles. The second-order valence-electron chi connectivity index (χ2n) is 8.39. The van der Waals surface area contributed by atoms with E-state index < -0.39 is 10.0 Å². The van der Waals surface area contributed by atoms with Gasteiger partial charge in [0.1, 0.15) is 0 Å². The van der Waals surface area contributed by atoms with E-state index in [1.165, 1.54) is 5.56 Å². The highest BCUT2D eigenvalue weighted by Gasteiger charge is 2.18. The van der Waals surface area contributed by atoms with Crippen LogP contribution in [0.2, 0.25) is 0 Å². The molecule has 0 aromatic heterocycles. The Kier molecular flexibility index (Phi) is 8.80. The summed E-state index contributed by atoms with van der Waals surface area (Å²) in [5.74, 6) is 0.00520. The average Bonchev–Trinajstić information content (AvgIpc) is 2.82. The van der Waals surface area contributed by atoms with Gasteiger partial charge in [0, 0.05) is 18.5 Å². The molecule has 5 nitrogen and oxygen atoms in total. The van der Waals surface area contributed by atoms with E-state index in [9.17, 15) is 13.2 Å². The molecule has 174 valence electrons. The molecule has 33 heavy (non-hydrogen) atoms. The quantitative estimate of drug-likeness (QED) is 0.428. The average molecular weight is 465 g/mol. The summed E-state index contributed by atoms with van der Waals surface area (Å²) >= 11 is 0. The molecule has 0 saturated carbocycles. The Morgan fingerprint density at radius 1 is 0.788 bits per heavy atom. The first kappa shape index (κ1) is 24.7. The minimum absolute atomic E-state index is 0.00520. The molecule has 3 rings (SSSR count). The van der Waals surface area contributed by atoms with Crippen molar-refractivity contribution >= 4 is 15.9 Å². The van der Waals surface area contributed by atoms with Gasteiger partial charge in [0.15, 0.2) is 0 Å². The van der Waals surface area contributed by atoms with E-state index in [-0.39, 0.29) is 22.9 Å². The lowest BCUT2D eigenvalue weighted by atomic mass is 10.1. The van der Waals surface area contributed by atoms with Crippen LogP contribution in [0.1, 0.15) is 49.4 Å². The maximum absolute atomic E-state index is 12.7. The van der Waals surface area contributed by atoms with Crippen molar-refractivity contribution in [3.63, 3.8) is 0 Å². The highest BCUT2D eigenvalue weighted by atomic mass is 32.2. The van der Waals surface area contributed by atoms with E-state index in [1.54, 1.807) is 24.3 Å². The Balaban J connectivity index is 1.46. The van der Waals surface area contributed by atoms with Gasteiger partial charge in [0.25, 0.3) is 0 Å². The molecule has 3 aromatic carbocycles. The Labute approximate surface area is 197 Å². The van der Waals surface area contributed by atoms with Crippen LogP contribution >= 0.6 is 0 Å². The number of hydrogen-bond donors (Lipinski definition) is 2. The predicted octanol–water partition coefficient (Wildman–Crippen LogP) is 4.80. The fourth-order valence-corrected chi connectivity index (χ4v) is 4.88. The normalized spacial score (nSPS) is 13.3. The van der Waals surface area contributed by atoms with Gasteiger partial charge in [-0.1, -0.05) is 72.8 Å². The van der Waals surface area contributed by atoms with Crippen molar-refractivity contribution in [2.75, 3.05) is 0 Å². The van der Waals surface area contributed by atoms with E-state index in [1.807, 2.05) is 62.4 Å². The first-order chi connectivity index (χ1) is 15.8. The standard InChI is InChI=1S/C27H32N2O3S/c1-21(13-14-23-9-5-3-6-10-23)28-27(30)20-17-24-15-18-26(19-16-24)33(31,32)29-22(2)25-11-7-4-8-12-25/h3-12,15-16,18-19,21-22,29H,13-14,17,20H2,1-2H3,(H,28,30)/t21-,22-/m0/s1. The van der Waals surface area contributed by atoms with Crippen LogP contribution in [-0.2, 0) is 27.7 Å². The van der Waals surface area contributed by atoms with E-state index >= 15 is 0 Å². The molecular formula is C27H32N2O3S. The van der Waals surface area contributed by atoms with Gasteiger partial charge in [-0.15, -0.1) is 0 Å². The Morgan fingerprint density at radius 2 is 1.36 bits per heavy atom. The third-order valence-electron chi connectivity index (χ3n) is 5.62. The highest BCUT2D eigenvalue weighted by molar-refractivity contribution is 7.89. The monoisotopic (exact) mass is 464 g/mol.